The number of carbonyl (C=O) groups is 2. The number of rotatable bonds is 2. The van der Waals surface area contributed by atoms with Gasteiger partial charge in [0, 0.05) is 30.3 Å². The van der Waals surface area contributed by atoms with Crippen LogP contribution < -0.4 is 4.90 Å². The second-order valence-electron chi connectivity index (χ2n) is 4.56. The lowest BCUT2D eigenvalue weighted by Crippen LogP contribution is -2.34. The molecule has 1 aromatic carbocycles. The number of hydrogen-bond acceptors (Lipinski definition) is 3. The number of benzene rings is 1. The number of likely N-dealkylation sites (N-methyl/N-ethyl adjacent to an activating group) is 1. The van der Waals surface area contributed by atoms with Crippen LogP contribution in [0.5, 0.6) is 0 Å². The number of carbonyl (C=O) groups excluding carboxylic acids is 1. The van der Waals surface area contributed by atoms with Gasteiger partial charge in [0.05, 0.1) is 12.1 Å². The number of carboxylic acids is 1. The molecule has 0 aromatic heterocycles. The van der Waals surface area contributed by atoms with Gasteiger partial charge in [-0.2, -0.15) is 0 Å². The Morgan fingerprint density at radius 1 is 1.37 bits per heavy atom. The fraction of sp³-hybridized carbons (Fsp3) is 0.385. The lowest BCUT2D eigenvalue weighted by atomic mass is 10.2. The summed E-state index contributed by atoms with van der Waals surface area (Å²) in [6, 6.07) is 5.05. The molecular weight excluding hydrogens is 312 g/mol. The Balaban J connectivity index is 2.24. The Bertz CT molecular complexity index is 519. The Labute approximate surface area is 119 Å². The summed E-state index contributed by atoms with van der Waals surface area (Å²) in [5, 5.41) is 8.98. The van der Waals surface area contributed by atoms with Crippen molar-refractivity contribution in [1.29, 1.82) is 0 Å². The molecule has 1 aromatic rings. The highest BCUT2D eigenvalue weighted by molar-refractivity contribution is 9.10. The zero-order valence-corrected chi connectivity index (χ0v) is 12.2. The summed E-state index contributed by atoms with van der Waals surface area (Å²) in [6.45, 7) is 1.87. The second-order valence-corrected chi connectivity index (χ2v) is 5.41. The van der Waals surface area contributed by atoms with Crippen LogP contribution in [0.25, 0.3) is 0 Å². The van der Waals surface area contributed by atoms with Gasteiger partial charge in [-0.25, -0.2) is 4.79 Å². The topological polar surface area (TPSA) is 60.9 Å². The van der Waals surface area contributed by atoms with Crippen LogP contribution >= 0.6 is 15.9 Å². The molecule has 6 heteroatoms. The van der Waals surface area contributed by atoms with E-state index in [1.54, 1.807) is 30.1 Å². The molecule has 1 N–H and O–H groups in total. The van der Waals surface area contributed by atoms with Gasteiger partial charge in [0.15, 0.2) is 0 Å². The summed E-state index contributed by atoms with van der Waals surface area (Å²) in [4.78, 5) is 26.5. The monoisotopic (exact) mass is 326 g/mol. The first-order valence-electron chi connectivity index (χ1n) is 6.01. The molecule has 0 aliphatic carbocycles. The quantitative estimate of drug-likeness (QED) is 0.900. The van der Waals surface area contributed by atoms with Gasteiger partial charge in [0.1, 0.15) is 0 Å². The minimum atomic E-state index is -0.967. The first-order valence-corrected chi connectivity index (χ1v) is 6.80. The maximum absolute atomic E-state index is 11.8. The summed E-state index contributed by atoms with van der Waals surface area (Å²) in [5.74, 6) is -0.888. The average molecular weight is 327 g/mol. The number of halogens is 1. The van der Waals surface area contributed by atoms with Crippen molar-refractivity contribution in [3.8, 4) is 0 Å². The zero-order chi connectivity index (χ0) is 14.0. The van der Waals surface area contributed by atoms with E-state index in [1.807, 2.05) is 4.90 Å². The van der Waals surface area contributed by atoms with Crippen molar-refractivity contribution in [2.75, 3.05) is 31.6 Å². The van der Waals surface area contributed by atoms with Gasteiger partial charge in [0.25, 0.3) is 0 Å². The van der Waals surface area contributed by atoms with Crippen LogP contribution in [0.15, 0.2) is 22.7 Å². The van der Waals surface area contributed by atoms with E-state index in [-0.39, 0.29) is 11.5 Å². The fourth-order valence-corrected chi connectivity index (χ4v) is 2.62. The van der Waals surface area contributed by atoms with E-state index in [9.17, 15) is 9.59 Å². The minimum absolute atomic E-state index is 0.0796. The molecule has 1 aliphatic rings. The summed E-state index contributed by atoms with van der Waals surface area (Å²) < 4.78 is 0.530. The molecule has 2 rings (SSSR count). The van der Waals surface area contributed by atoms with Crippen molar-refractivity contribution in [3.05, 3.63) is 28.2 Å². The third kappa shape index (κ3) is 3.07. The predicted octanol–water partition coefficient (Wildman–Crippen LogP) is 1.82. The number of nitrogens with zero attached hydrogens (tertiary/aromatic N) is 2. The third-order valence-electron chi connectivity index (χ3n) is 3.22. The van der Waals surface area contributed by atoms with Gasteiger partial charge in [-0.15, -0.1) is 0 Å². The average Bonchev–Trinajstić information content (AvgIpc) is 2.51. The number of hydrogen-bond donors (Lipinski definition) is 1. The highest BCUT2D eigenvalue weighted by atomic mass is 79.9. The SMILES string of the molecule is CN1CCCN(c2ccc(C(=O)O)c(Br)c2)CC1=O. The van der Waals surface area contributed by atoms with Gasteiger partial charge in [-0.3, -0.25) is 4.79 Å². The van der Waals surface area contributed by atoms with Gasteiger partial charge >= 0.3 is 5.97 Å². The molecule has 1 fully saturated rings. The summed E-state index contributed by atoms with van der Waals surface area (Å²) in [7, 11) is 1.80. The molecule has 0 saturated carbocycles. The van der Waals surface area contributed by atoms with Crippen molar-refractivity contribution in [3.63, 3.8) is 0 Å². The number of aromatic carboxylic acids is 1. The van der Waals surface area contributed by atoms with Crippen molar-refractivity contribution in [2.24, 2.45) is 0 Å². The lowest BCUT2D eigenvalue weighted by Gasteiger charge is -2.22. The zero-order valence-electron chi connectivity index (χ0n) is 10.6. The first-order chi connectivity index (χ1) is 8.99. The van der Waals surface area contributed by atoms with Crippen LogP contribution in [-0.2, 0) is 4.79 Å². The van der Waals surface area contributed by atoms with Crippen LogP contribution in [0.1, 0.15) is 16.8 Å². The summed E-state index contributed by atoms with van der Waals surface area (Å²) in [5.41, 5.74) is 1.09. The normalized spacial score (nSPS) is 16.4. The minimum Gasteiger partial charge on any atom is -0.478 e. The van der Waals surface area contributed by atoms with Gasteiger partial charge in [-0.05, 0) is 40.5 Å². The number of anilines is 1. The molecule has 102 valence electrons. The van der Waals surface area contributed by atoms with Gasteiger partial charge in [0.2, 0.25) is 5.91 Å². The molecule has 5 nitrogen and oxygen atoms in total. The molecule has 1 aliphatic heterocycles. The highest BCUT2D eigenvalue weighted by Gasteiger charge is 2.20. The van der Waals surface area contributed by atoms with Crippen LogP contribution in [0, 0.1) is 0 Å². The molecule has 0 atom stereocenters. The van der Waals surface area contributed by atoms with E-state index in [0.29, 0.717) is 11.0 Å². The predicted molar refractivity (Wildman–Crippen MR) is 75.6 cm³/mol. The van der Waals surface area contributed by atoms with Gasteiger partial charge in [-0.1, -0.05) is 0 Å². The van der Waals surface area contributed by atoms with Crippen molar-refractivity contribution in [1.82, 2.24) is 4.90 Å². The van der Waals surface area contributed by atoms with Crippen LogP contribution in [0.4, 0.5) is 5.69 Å². The highest BCUT2D eigenvalue weighted by Crippen LogP contribution is 2.25. The van der Waals surface area contributed by atoms with Crippen LogP contribution in [0.2, 0.25) is 0 Å². The molecule has 0 radical (unpaired) electrons. The second kappa shape index (κ2) is 5.61. The van der Waals surface area contributed by atoms with E-state index in [0.717, 1.165) is 25.2 Å². The van der Waals surface area contributed by atoms with E-state index >= 15 is 0 Å². The summed E-state index contributed by atoms with van der Waals surface area (Å²) in [6.07, 6.45) is 0.903. The Kier molecular flexibility index (Phi) is 4.09. The fourth-order valence-electron chi connectivity index (χ4n) is 2.08. The maximum Gasteiger partial charge on any atom is 0.336 e. The number of amides is 1. The molecule has 1 amide bonds. The first kappa shape index (κ1) is 13.9. The van der Waals surface area contributed by atoms with Crippen molar-refractivity contribution in [2.45, 2.75) is 6.42 Å². The molecule has 0 bridgehead atoms. The maximum atomic E-state index is 11.8. The Morgan fingerprint density at radius 2 is 2.11 bits per heavy atom. The van der Waals surface area contributed by atoms with Gasteiger partial charge < -0.3 is 14.9 Å². The van der Waals surface area contributed by atoms with Crippen LogP contribution in [0.3, 0.4) is 0 Å². The smallest absolute Gasteiger partial charge is 0.336 e. The standard InChI is InChI=1S/C13H15BrN2O3/c1-15-5-2-6-16(8-12(15)17)9-3-4-10(13(18)19)11(14)7-9/h3-4,7H,2,5-6,8H2,1H3,(H,18,19). The van der Waals surface area contributed by atoms with Crippen molar-refractivity contribution >= 4 is 33.5 Å². The number of carboxylic acid groups (broad SMARTS) is 1. The molecule has 0 spiro atoms. The molecule has 0 unspecified atom stereocenters. The van der Waals surface area contributed by atoms with E-state index in [4.69, 9.17) is 5.11 Å². The van der Waals surface area contributed by atoms with E-state index < -0.39 is 5.97 Å². The molecular formula is C13H15BrN2O3. The van der Waals surface area contributed by atoms with E-state index in [1.165, 1.54) is 0 Å². The Hall–Kier alpha value is -1.56. The van der Waals surface area contributed by atoms with E-state index in [2.05, 4.69) is 15.9 Å². The van der Waals surface area contributed by atoms with Crippen molar-refractivity contribution < 1.29 is 14.7 Å². The lowest BCUT2D eigenvalue weighted by molar-refractivity contribution is -0.127. The largest absolute Gasteiger partial charge is 0.478 e. The molecule has 19 heavy (non-hydrogen) atoms. The Morgan fingerprint density at radius 3 is 2.74 bits per heavy atom. The molecule has 1 saturated heterocycles. The van der Waals surface area contributed by atoms with Crippen LogP contribution in [-0.4, -0.2) is 48.6 Å². The third-order valence-corrected chi connectivity index (χ3v) is 3.88. The molecule has 1 heterocycles. The summed E-state index contributed by atoms with van der Waals surface area (Å²) >= 11 is 3.26.